The maximum absolute atomic E-state index is 12.1. The summed E-state index contributed by atoms with van der Waals surface area (Å²) in [6, 6.07) is 14.7. The largest absolute Gasteiger partial charge is 0.318 e. The number of halogens is 2. The zero-order valence-corrected chi connectivity index (χ0v) is 16.8. The molecule has 1 amide bonds. The molecular formula is C21H19Cl2N3O. The average Bonchev–Trinajstić information content (AvgIpc) is 2.88. The van der Waals surface area contributed by atoms with Gasteiger partial charge in [0, 0.05) is 38.2 Å². The standard InChI is InChI=1S/C21H19Cl2N3O/c1-13-4-6-16(7-5-13)21(27)25-24-12-17-8-14(2)26(15(17)3)20-10-18(22)9-19(23)11-20/h4-12H,1-3H3,(H,25,27)/b24-12-. The number of hydrogen-bond acceptors (Lipinski definition) is 2. The van der Waals surface area contributed by atoms with E-state index in [9.17, 15) is 4.79 Å². The minimum absolute atomic E-state index is 0.248. The number of nitrogens with one attached hydrogen (secondary N) is 1. The lowest BCUT2D eigenvalue weighted by molar-refractivity contribution is 0.0955. The lowest BCUT2D eigenvalue weighted by Gasteiger charge is -2.10. The maximum atomic E-state index is 12.1. The van der Waals surface area contributed by atoms with E-state index in [2.05, 4.69) is 10.5 Å². The van der Waals surface area contributed by atoms with Crippen LogP contribution in [0.3, 0.4) is 0 Å². The fraction of sp³-hybridized carbons (Fsp3) is 0.143. The van der Waals surface area contributed by atoms with Gasteiger partial charge in [0.2, 0.25) is 0 Å². The molecular weight excluding hydrogens is 381 g/mol. The summed E-state index contributed by atoms with van der Waals surface area (Å²) in [4.78, 5) is 12.1. The Balaban J connectivity index is 1.81. The first-order chi connectivity index (χ1) is 12.8. The predicted molar refractivity (Wildman–Crippen MR) is 112 cm³/mol. The number of hydrogen-bond donors (Lipinski definition) is 1. The zero-order chi connectivity index (χ0) is 19.6. The minimum Gasteiger partial charge on any atom is -0.318 e. The van der Waals surface area contributed by atoms with Gasteiger partial charge in [-0.1, -0.05) is 40.9 Å². The van der Waals surface area contributed by atoms with Crippen LogP contribution >= 0.6 is 23.2 Å². The van der Waals surface area contributed by atoms with E-state index in [0.29, 0.717) is 15.6 Å². The SMILES string of the molecule is Cc1ccc(C(=O)N/N=C\c2cc(C)n(-c3cc(Cl)cc(Cl)c3)c2C)cc1. The summed E-state index contributed by atoms with van der Waals surface area (Å²) in [5.74, 6) is -0.248. The smallest absolute Gasteiger partial charge is 0.271 e. The van der Waals surface area contributed by atoms with Crippen molar-refractivity contribution in [1.82, 2.24) is 9.99 Å². The van der Waals surface area contributed by atoms with Crippen molar-refractivity contribution in [3.63, 3.8) is 0 Å². The number of amides is 1. The van der Waals surface area contributed by atoms with Crippen LogP contribution in [0.25, 0.3) is 5.69 Å². The lowest BCUT2D eigenvalue weighted by Crippen LogP contribution is -2.17. The molecule has 0 atom stereocenters. The van der Waals surface area contributed by atoms with Crippen molar-refractivity contribution in [1.29, 1.82) is 0 Å². The number of aromatic nitrogens is 1. The van der Waals surface area contributed by atoms with E-state index >= 15 is 0 Å². The van der Waals surface area contributed by atoms with Crippen LogP contribution in [-0.2, 0) is 0 Å². The Morgan fingerprint density at radius 3 is 2.26 bits per heavy atom. The Hall–Kier alpha value is -2.56. The molecule has 1 heterocycles. The Bertz CT molecular complexity index is 1000. The van der Waals surface area contributed by atoms with Crippen molar-refractivity contribution >= 4 is 35.3 Å². The van der Waals surface area contributed by atoms with E-state index in [-0.39, 0.29) is 5.91 Å². The third-order valence-corrected chi connectivity index (χ3v) is 4.70. The Labute approximate surface area is 168 Å². The maximum Gasteiger partial charge on any atom is 0.271 e. The molecule has 1 aromatic heterocycles. The molecule has 0 saturated carbocycles. The highest BCUT2D eigenvalue weighted by Crippen LogP contribution is 2.26. The molecule has 4 nitrogen and oxygen atoms in total. The molecule has 0 unspecified atom stereocenters. The van der Waals surface area contributed by atoms with E-state index in [0.717, 1.165) is 28.2 Å². The van der Waals surface area contributed by atoms with Gasteiger partial charge in [-0.05, 0) is 57.2 Å². The van der Waals surface area contributed by atoms with Crippen molar-refractivity contribution in [2.75, 3.05) is 0 Å². The van der Waals surface area contributed by atoms with Crippen LogP contribution in [0, 0.1) is 20.8 Å². The number of carbonyl (C=O) groups is 1. The van der Waals surface area contributed by atoms with E-state index < -0.39 is 0 Å². The second-order valence-electron chi connectivity index (χ2n) is 6.35. The average molecular weight is 400 g/mol. The molecule has 0 aliphatic heterocycles. The zero-order valence-electron chi connectivity index (χ0n) is 15.3. The number of hydrazone groups is 1. The van der Waals surface area contributed by atoms with E-state index in [1.807, 2.05) is 55.7 Å². The van der Waals surface area contributed by atoms with Crippen LogP contribution in [0.2, 0.25) is 10.0 Å². The number of rotatable bonds is 4. The molecule has 138 valence electrons. The molecule has 0 saturated heterocycles. The van der Waals surface area contributed by atoms with Gasteiger partial charge in [-0.2, -0.15) is 5.10 Å². The van der Waals surface area contributed by atoms with Gasteiger partial charge in [-0.3, -0.25) is 4.79 Å². The molecule has 0 bridgehead atoms. The van der Waals surface area contributed by atoms with Gasteiger partial charge >= 0.3 is 0 Å². The van der Waals surface area contributed by atoms with Crippen molar-refractivity contribution in [3.05, 3.63) is 86.7 Å². The van der Waals surface area contributed by atoms with Gasteiger partial charge in [-0.15, -0.1) is 0 Å². The molecule has 27 heavy (non-hydrogen) atoms. The van der Waals surface area contributed by atoms with E-state index in [1.54, 1.807) is 24.4 Å². The third kappa shape index (κ3) is 4.41. The molecule has 1 N–H and O–H groups in total. The summed E-state index contributed by atoms with van der Waals surface area (Å²) in [7, 11) is 0. The highest BCUT2D eigenvalue weighted by molar-refractivity contribution is 6.34. The minimum atomic E-state index is -0.248. The van der Waals surface area contributed by atoms with Crippen LogP contribution in [0.1, 0.15) is 32.9 Å². The van der Waals surface area contributed by atoms with Crippen LogP contribution < -0.4 is 5.43 Å². The van der Waals surface area contributed by atoms with Gasteiger partial charge in [0.05, 0.1) is 6.21 Å². The fourth-order valence-electron chi connectivity index (χ4n) is 2.91. The number of nitrogens with zero attached hydrogens (tertiary/aromatic N) is 2. The molecule has 6 heteroatoms. The second-order valence-corrected chi connectivity index (χ2v) is 7.23. The van der Waals surface area contributed by atoms with Crippen LogP contribution in [0.5, 0.6) is 0 Å². The van der Waals surface area contributed by atoms with Crippen LogP contribution in [-0.4, -0.2) is 16.7 Å². The van der Waals surface area contributed by atoms with Crippen molar-refractivity contribution in [2.24, 2.45) is 5.10 Å². The van der Waals surface area contributed by atoms with Gasteiger partial charge in [0.15, 0.2) is 0 Å². The molecule has 0 aliphatic carbocycles. The number of aryl methyl sites for hydroxylation is 2. The highest BCUT2D eigenvalue weighted by atomic mass is 35.5. The van der Waals surface area contributed by atoms with E-state index in [1.165, 1.54) is 0 Å². The molecule has 0 fully saturated rings. The van der Waals surface area contributed by atoms with Gasteiger partial charge in [0.25, 0.3) is 5.91 Å². The second kappa shape index (κ2) is 7.99. The summed E-state index contributed by atoms with van der Waals surface area (Å²) in [5.41, 5.74) is 7.99. The first-order valence-corrected chi connectivity index (χ1v) is 9.16. The molecule has 3 rings (SSSR count). The van der Waals surface area contributed by atoms with Crippen LogP contribution in [0.15, 0.2) is 53.6 Å². The summed E-state index contributed by atoms with van der Waals surface area (Å²) in [6.45, 7) is 5.94. The van der Waals surface area contributed by atoms with Gasteiger partial charge in [0.1, 0.15) is 0 Å². The number of carbonyl (C=O) groups excluding carboxylic acids is 1. The summed E-state index contributed by atoms with van der Waals surface area (Å²) < 4.78 is 2.04. The van der Waals surface area contributed by atoms with Crippen molar-refractivity contribution in [2.45, 2.75) is 20.8 Å². The topological polar surface area (TPSA) is 46.4 Å². The molecule has 0 radical (unpaired) electrons. The normalized spacial score (nSPS) is 11.1. The van der Waals surface area contributed by atoms with Gasteiger partial charge < -0.3 is 4.57 Å². The fourth-order valence-corrected chi connectivity index (χ4v) is 3.43. The third-order valence-electron chi connectivity index (χ3n) is 4.26. The summed E-state index contributed by atoms with van der Waals surface area (Å²) in [5, 5.41) is 5.24. The van der Waals surface area contributed by atoms with Crippen LogP contribution in [0.4, 0.5) is 0 Å². The molecule has 0 spiro atoms. The predicted octanol–water partition coefficient (Wildman–Crippen LogP) is 5.47. The van der Waals surface area contributed by atoms with Crippen molar-refractivity contribution in [3.8, 4) is 5.69 Å². The monoisotopic (exact) mass is 399 g/mol. The Morgan fingerprint density at radius 1 is 1.00 bits per heavy atom. The highest BCUT2D eigenvalue weighted by Gasteiger charge is 2.11. The summed E-state index contributed by atoms with van der Waals surface area (Å²) >= 11 is 12.3. The quantitative estimate of drug-likeness (QED) is 0.458. The van der Waals surface area contributed by atoms with E-state index in [4.69, 9.17) is 23.2 Å². The van der Waals surface area contributed by atoms with Gasteiger partial charge in [-0.25, -0.2) is 5.43 Å². The molecule has 3 aromatic rings. The molecule has 0 aliphatic rings. The first kappa shape index (κ1) is 19.2. The lowest BCUT2D eigenvalue weighted by atomic mass is 10.1. The Kier molecular flexibility index (Phi) is 5.68. The van der Waals surface area contributed by atoms with Crippen molar-refractivity contribution < 1.29 is 4.79 Å². The number of benzene rings is 2. The Morgan fingerprint density at radius 2 is 1.63 bits per heavy atom. The summed E-state index contributed by atoms with van der Waals surface area (Å²) in [6.07, 6.45) is 1.64. The molecule has 2 aromatic carbocycles. The first-order valence-electron chi connectivity index (χ1n) is 8.40.